The van der Waals surface area contributed by atoms with E-state index in [0.717, 1.165) is 0 Å². The van der Waals surface area contributed by atoms with Crippen molar-refractivity contribution < 1.29 is 9.90 Å². The minimum atomic E-state index is -1.01. The van der Waals surface area contributed by atoms with Gasteiger partial charge < -0.3 is 5.11 Å². The lowest BCUT2D eigenvalue weighted by Gasteiger charge is -1.99. The highest BCUT2D eigenvalue weighted by molar-refractivity contribution is 5.94. The highest BCUT2D eigenvalue weighted by Crippen LogP contribution is 2.18. The molecule has 0 fully saturated rings. The van der Waals surface area contributed by atoms with Crippen LogP contribution in [0.5, 0.6) is 0 Å². The van der Waals surface area contributed by atoms with Gasteiger partial charge in [-0.1, -0.05) is 0 Å². The Hall–Kier alpha value is -2.24. The summed E-state index contributed by atoms with van der Waals surface area (Å²) in [4.78, 5) is 14.7. The van der Waals surface area contributed by atoms with Crippen molar-refractivity contribution >= 4 is 5.97 Å². The van der Waals surface area contributed by atoms with Gasteiger partial charge in [0.15, 0.2) is 0 Å². The van der Waals surface area contributed by atoms with Gasteiger partial charge in [-0.3, -0.25) is 4.98 Å². The molecule has 2 heterocycles. The van der Waals surface area contributed by atoms with Crippen LogP contribution in [0.15, 0.2) is 24.7 Å². The summed E-state index contributed by atoms with van der Waals surface area (Å²) in [5, 5.41) is 18.7. The fourth-order valence-corrected chi connectivity index (χ4v) is 1.12. The van der Waals surface area contributed by atoms with E-state index >= 15 is 0 Å². The number of aromatic nitrogens is 4. The first-order valence-corrected chi connectivity index (χ1v) is 3.82. The Morgan fingerprint density at radius 2 is 2.29 bits per heavy atom. The Balaban J connectivity index is 2.58. The normalized spacial score (nSPS) is 10.0. The third kappa shape index (κ3) is 1.33. The highest BCUT2D eigenvalue weighted by atomic mass is 16.4. The molecule has 0 aliphatic rings. The smallest absolute Gasteiger partial charge is 0.336 e. The molecule has 0 bridgehead atoms. The maximum atomic E-state index is 10.8. The van der Waals surface area contributed by atoms with Crippen LogP contribution in [0.3, 0.4) is 0 Å². The van der Waals surface area contributed by atoms with Crippen molar-refractivity contribution in [1.82, 2.24) is 20.4 Å². The van der Waals surface area contributed by atoms with E-state index in [0.29, 0.717) is 11.3 Å². The van der Waals surface area contributed by atoms with E-state index < -0.39 is 5.97 Å². The number of carboxylic acid groups (broad SMARTS) is 1. The summed E-state index contributed by atoms with van der Waals surface area (Å²) in [6.07, 6.45) is 4.32. The van der Waals surface area contributed by atoms with Gasteiger partial charge in [0.1, 0.15) is 5.69 Å². The topological polar surface area (TPSA) is 91.8 Å². The molecule has 0 spiro atoms. The predicted octanol–water partition coefficient (Wildman–Crippen LogP) is 0.565. The third-order valence-electron chi connectivity index (χ3n) is 1.74. The molecule has 6 nitrogen and oxygen atoms in total. The minimum absolute atomic E-state index is 0.161. The lowest BCUT2D eigenvalue weighted by molar-refractivity contribution is 0.0697. The third-order valence-corrected chi connectivity index (χ3v) is 1.74. The van der Waals surface area contributed by atoms with Gasteiger partial charge in [-0.15, -0.1) is 0 Å². The van der Waals surface area contributed by atoms with Crippen LogP contribution >= 0.6 is 0 Å². The molecule has 2 rings (SSSR count). The fourth-order valence-electron chi connectivity index (χ4n) is 1.12. The number of hydrogen-bond acceptors (Lipinski definition) is 4. The van der Waals surface area contributed by atoms with Crippen LogP contribution in [-0.4, -0.2) is 31.5 Å². The second-order valence-corrected chi connectivity index (χ2v) is 2.58. The van der Waals surface area contributed by atoms with Gasteiger partial charge >= 0.3 is 5.97 Å². The van der Waals surface area contributed by atoms with Crippen molar-refractivity contribution in [2.24, 2.45) is 0 Å². The molecule has 2 aromatic rings. The second kappa shape index (κ2) is 3.25. The van der Waals surface area contributed by atoms with Gasteiger partial charge in [-0.2, -0.15) is 15.4 Å². The van der Waals surface area contributed by atoms with Crippen molar-refractivity contribution in [3.05, 3.63) is 30.2 Å². The monoisotopic (exact) mass is 190 g/mol. The van der Waals surface area contributed by atoms with E-state index in [1.54, 1.807) is 0 Å². The summed E-state index contributed by atoms with van der Waals surface area (Å²) in [6.45, 7) is 0. The number of aromatic carboxylic acids is 1. The molecule has 0 unspecified atom stereocenters. The molecule has 70 valence electrons. The Morgan fingerprint density at radius 3 is 2.93 bits per heavy atom. The molecule has 0 aliphatic carbocycles. The van der Waals surface area contributed by atoms with Gasteiger partial charge in [0, 0.05) is 18.0 Å². The van der Waals surface area contributed by atoms with Crippen LogP contribution in [0.4, 0.5) is 0 Å². The SMILES string of the molecule is O=C(O)c1ccncc1-c1cn[nH]n1. The van der Waals surface area contributed by atoms with E-state index in [-0.39, 0.29) is 5.56 Å². The zero-order valence-corrected chi connectivity index (χ0v) is 7.01. The molecule has 2 N–H and O–H groups in total. The highest BCUT2D eigenvalue weighted by Gasteiger charge is 2.12. The summed E-state index contributed by atoms with van der Waals surface area (Å²) in [7, 11) is 0. The van der Waals surface area contributed by atoms with Gasteiger partial charge in [0.25, 0.3) is 0 Å². The Kier molecular flexibility index (Phi) is 1.94. The molecule has 14 heavy (non-hydrogen) atoms. The predicted molar refractivity (Wildman–Crippen MR) is 46.6 cm³/mol. The quantitative estimate of drug-likeness (QED) is 0.722. The van der Waals surface area contributed by atoms with Crippen LogP contribution in [0.2, 0.25) is 0 Å². The molecule has 0 aromatic carbocycles. The zero-order valence-electron chi connectivity index (χ0n) is 7.01. The van der Waals surface area contributed by atoms with Crippen molar-refractivity contribution in [3.8, 4) is 11.3 Å². The number of carboxylic acids is 1. The summed E-state index contributed by atoms with van der Waals surface area (Å²) in [6, 6.07) is 1.42. The summed E-state index contributed by atoms with van der Waals surface area (Å²) < 4.78 is 0. The van der Waals surface area contributed by atoms with E-state index in [1.165, 1.54) is 24.7 Å². The van der Waals surface area contributed by atoms with Gasteiger partial charge in [0.2, 0.25) is 0 Å². The maximum Gasteiger partial charge on any atom is 0.336 e. The van der Waals surface area contributed by atoms with Crippen LogP contribution in [0.1, 0.15) is 10.4 Å². The summed E-state index contributed by atoms with van der Waals surface area (Å²) in [5.41, 5.74) is 1.08. The average molecular weight is 190 g/mol. The first-order chi connectivity index (χ1) is 6.79. The van der Waals surface area contributed by atoms with Crippen LogP contribution in [-0.2, 0) is 0 Å². The lowest BCUT2D eigenvalue weighted by Crippen LogP contribution is -1.99. The number of nitrogens with zero attached hydrogens (tertiary/aromatic N) is 3. The summed E-state index contributed by atoms with van der Waals surface area (Å²) >= 11 is 0. The van der Waals surface area contributed by atoms with Crippen molar-refractivity contribution in [2.45, 2.75) is 0 Å². The molecule has 0 amide bonds. The summed E-state index contributed by atoms with van der Waals surface area (Å²) in [5.74, 6) is -1.01. The molecule has 0 saturated heterocycles. The van der Waals surface area contributed by atoms with E-state index in [1.807, 2.05) is 0 Å². The average Bonchev–Trinajstić information content (AvgIpc) is 2.70. The van der Waals surface area contributed by atoms with Crippen molar-refractivity contribution in [3.63, 3.8) is 0 Å². The van der Waals surface area contributed by atoms with Gasteiger partial charge in [0.05, 0.1) is 11.8 Å². The van der Waals surface area contributed by atoms with Crippen molar-refractivity contribution in [2.75, 3.05) is 0 Å². The number of H-pyrrole nitrogens is 1. The number of pyridine rings is 1. The molecule has 6 heteroatoms. The first-order valence-electron chi connectivity index (χ1n) is 3.82. The number of rotatable bonds is 2. The molecule has 0 saturated carbocycles. The Bertz CT molecular complexity index is 452. The molecule has 0 aliphatic heterocycles. The lowest BCUT2D eigenvalue weighted by atomic mass is 10.1. The zero-order chi connectivity index (χ0) is 9.97. The molecular formula is C8H6N4O2. The maximum absolute atomic E-state index is 10.8. The van der Waals surface area contributed by atoms with Crippen LogP contribution in [0.25, 0.3) is 11.3 Å². The van der Waals surface area contributed by atoms with Gasteiger partial charge in [-0.25, -0.2) is 4.79 Å². The fraction of sp³-hybridized carbons (Fsp3) is 0. The van der Waals surface area contributed by atoms with Crippen molar-refractivity contribution in [1.29, 1.82) is 0 Å². The number of nitrogens with one attached hydrogen (secondary N) is 1. The Morgan fingerprint density at radius 1 is 1.43 bits per heavy atom. The van der Waals surface area contributed by atoms with Crippen LogP contribution < -0.4 is 0 Å². The standard InChI is InChI=1S/C8H6N4O2/c13-8(14)5-1-2-9-3-6(5)7-4-10-12-11-7/h1-4H,(H,13,14)(H,10,11,12). The van der Waals surface area contributed by atoms with E-state index in [9.17, 15) is 4.79 Å². The molecular weight excluding hydrogens is 184 g/mol. The number of aromatic amines is 1. The van der Waals surface area contributed by atoms with E-state index in [2.05, 4.69) is 20.4 Å². The molecule has 0 radical (unpaired) electrons. The Labute approximate surface area is 78.6 Å². The number of carbonyl (C=O) groups is 1. The minimum Gasteiger partial charge on any atom is -0.478 e. The first kappa shape index (κ1) is 8.36. The van der Waals surface area contributed by atoms with Crippen LogP contribution in [0, 0.1) is 0 Å². The second-order valence-electron chi connectivity index (χ2n) is 2.58. The number of hydrogen-bond donors (Lipinski definition) is 2. The molecule has 2 aromatic heterocycles. The van der Waals surface area contributed by atoms with Gasteiger partial charge in [-0.05, 0) is 6.07 Å². The largest absolute Gasteiger partial charge is 0.478 e. The molecule has 0 atom stereocenters. The van der Waals surface area contributed by atoms with E-state index in [4.69, 9.17) is 5.11 Å².